The Bertz CT molecular complexity index is 1210. The lowest BCUT2D eigenvalue weighted by molar-refractivity contribution is 0.0411. The summed E-state index contributed by atoms with van der Waals surface area (Å²) in [5.74, 6) is 0.366. The minimum Gasteiger partial charge on any atom is -0.394 e. The van der Waals surface area contributed by atoms with E-state index in [1.54, 1.807) is 6.20 Å². The Balaban J connectivity index is 1.31. The molecule has 1 aromatic carbocycles. The van der Waals surface area contributed by atoms with Crippen molar-refractivity contribution >= 4 is 28.8 Å². The number of fused-ring (bicyclic) bond motifs is 1. The Morgan fingerprint density at radius 3 is 2.83 bits per heavy atom. The third-order valence-corrected chi connectivity index (χ3v) is 6.57. The second-order valence-corrected chi connectivity index (χ2v) is 9.42. The summed E-state index contributed by atoms with van der Waals surface area (Å²) in [7, 11) is 0. The second kappa shape index (κ2) is 10.2. The smallest absolute Gasteiger partial charge is 0.229 e. The minimum atomic E-state index is -0.481. The van der Waals surface area contributed by atoms with Gasteiger partial charge in [-0.25, -0.2) is 19.3 Å². The maximum Gasteiger partial charge on any atom is 0.229 e. The zero-order valence-electron chi connectivity index (χ0n) is 20.8. The van der Waals surface area contributed by atoms with Crippen LogP contribution in [0.25, 0.3) is 11.3 Å². The Kier molecular flexibility index (Phi) is 6.88. The van der Waals surface area contributed by atoms with Crippen molar-refractivity contribution in [2.45, 2.75) is 45.5 Å². The van der Waals surface area contributed by atoms with Gasteiger partial charge in [0.15, 0.2) is 5.82 Å². The molecule has 2 aliphatic rings. The van der Waals surface area contributed by atoms with Crippen molar-refractivity contribution in [3.05, 3.63) is 48.5 Å². The third-order valence-electron chi connectivity index (χ3n) is 6.57. The summed E-state index contributed by atoms with van der Waals surface area (Å²) in [6, 6.07) is 9.94. The van der Waals surface area contributed by atoms with Crippen molar-refractivity contribution in [1.29, 1.82) is 0 Å². The molecule has 0 bridgehead atoms. The summed E-state index contributed by atoms with van der Waals surface area (Å²) in [4.78, 5) is 17.6. The number of aromatic nitrogens is 3. The van der Waals surface area contributed by atoms with E-state index in [9.17, 15) is 4.39 Å². The highest BCUT2D eigenvalue weighted by Gasteiger charge is 2.28. The molecule has 36 heavy (non-hydrogen) atoms. The van der Waals surface area contributed by atoms with E-state index in [0.717, 1.165) is 36.6 Å². The van der Waals surface area contributed by atoms with Crippen molar-refractivity contribution in [2.75, 3.05) is 46.7 Å². The van der Waals surface area contributed by atoms with Crippen molar-refractivity contribution in [3.8, 4) is 11.3 Å². The van der Waals surface area contributed by atoms with Crippen molar-refractivity contribution < 1.29 is 14.2 Å². The molecule has 0 spiro atoms. The fourth-order valence-corrected chi connectivity index (χ4v) is 4.95. The Morgan fingerprint density at radius 1 is 1.22 bits per heavy atom. The third kappa shape index (κ3) is 4.91. The number of aliphatic hydroxyl groups is 1. The molecule has 10 heteroatoms. The number of hydrogen-bond donors (Lipinski definition) is 3. The number of rotatable bonds is 8. The number of aliphatic hydroxyl groups excluding tert-OH is 1. The van der Waals surface area contributed by atoms with Gasteiger partial charge in [-0.2, -0.15) is 0 Å². The highest BCUT2D eigenvalue weighted by Crippen LogP contribution is 2.39. The number of nitrogens with one attached hydrogen (secondary N) is 2. The average Bonchev–Trinajstić information content (AvgIpc) is 3.47. The van der Waals surface area contributed by atoms with E-state index in [2.05, 4.69) is 56.2 Å². The normalized spacial score (nSPS) is 19.1. The topological polar surface area (TPSA) is 98.7 Å². The fraction of sp³-hybridized carbons (Fsp3) is 0.423. The van der Waals surface area contributed by atoms with Crippen molar-refractivity contribution in [1.82, 2.24) is 15.0 Å². The quantitative estimate of drug-likeness (QED) is 0.430. The predicted octanol–water partition coefficient (Wildman–Crippen LogP) is 4.00. The molecule has 190 valence electrons. The molecule has 1 saturated heterocycles. The van der Waals surface area contributed by atoms with Crippen LogP contribution in [0, 0.1) is 5.82 Å². The Hall–Kier alpha value is -3.50. The summed E-state index contributed by atoms with van der Waals surface area (Å²) in [6.07, 6.45) is 4.17. The minimum absolute atomic E-state index is 0.0326. The number of ether oxygens (including phenoxy) is 1. The molecule has 0 radical (unpaired) electrons. The number of hydrogen-bond acceptors (Lipinski definition) is 9. The van der Waals surface area contributed by atoms with E-state index >= 15 is 0 Å². The van der Waals surface area contributed by atoms with Gasteiger partial charge in [0.25, 0.3) is 0 Å². The molecule has 9 nitrogen and oxygen atoms in total. The Labute approximate surface area is 210 Å². The van der Waals surface area contributed by atoms with Gasteiger partial charge in [0.2, 0.25) is 5.95 Å². The van der Waals surface area contributed by atoms with E-state index in [1.165, 1.54) is 6.20 Å². The van der Waals surface area contributed by atoms with Crippen LogP contribution in [0.4, 0.5) is 33.2 Å². The average molecular weight is 494 g/mol. The number of anilines is 5. The van der Waals surface area contributed by atoms with Crippen LogP contribution in [0.1, 0.15) is 27.2 Å². The molecule has 2 atom stereocenters. The first kappa shape index (κ1) is 24.2. The zero-order valence-corrected chi connectivity index (χ0v) is 20.8. The van der Waals surface area contributed by atoms with Gasteiger partial charge in [0.1, 0.15) is 11.5 Å². The van der Waals surface area contributed by atoms with Gasteiger partial charge < -0.3 is 30.3 Å². The summed E-state index contributed by atoms with van der Waals surface area (Å²) in [5, 5.41) is 15.5. The monoisotopic (exact) mass is 493 g/mol. The van der Waals surface area contributed by atoms with Crippen LogP contribution in [0.15, 0.2) is 42.7 Å². The second-order valence-electron chi connectivity index (χ2n) is 9.42. The van der Waals surface area contributed by atoms with Crippen LogP contribution in [0.5, 0.6) is 0 Å². The van der Waals surface area contributed by atoms with E-state index in [4.69, 9.17) is 9.84 Å². The lowest BCUT2D eigenvalue weighted by Crippen LogP contribution is -2.38. The molecule has 4 heterocycles. The molecule has 0 amide bonds. The van der Waals surface area contributed by atoms with Gasteiger partial charge in [-0.15, -0.1) is 0 Å². The molecule has 3 aromatic rings. The molecule has 2 aliphatic heterocycles. The molecular formula is C26H32FN7O2. The van der Waals surface area contributed by atoms with Gasteiger partial charge in [-0.05, 0) is 51.5 Å². The van der Waals surface area contributed by atoms with E-state index in [0.29, 0.717) is 24.0 Å². The lowest BCUT2D eigenvalue weighted by Gasteiger charge is -2.28. The van der Waals surface area contributed by atoms with Crippen molar-refractivity contribution in [3.63, 3.8) is 0 Å². The lowest BCUT2D eigenvalue weighted by atomic mass is 10.1. The van der Waals surface area contributed by atoms with Gasteiger partial charge in [-0.1, -0.05) is 6.07 Å². The molecule has 1 fully saturated rings. The largest absolute Gasteiger partial charge is 0.394 e. The van der Waals surface area contributed by atoms with E-state index in [1.807, 2.05) is 30.3 Å². The summed E-state index contributed by atoms with van der Waals surface area (Å²) in [5.41, 5.74) is 3.98. The first-order valence-electron chi connectivity index (χ1n) is 12.3. The van der Waals surface area contributed by atoms with Crippen LogP contribution in [0.2, 0.25) is 0 Å². The summed E-state index contributed by atoms with van der Waals surface area (Å²) < 4.78 is 20.4. The predicted molar refractivity (Wildman–Crippen MR) is 139 cm³/mol. The van der Waals surface area contributed by atoms with Gasteiger partial charge in [-0.3, -0.25) is 0 Å². The summed E-state index contributed by atoms with van der Waals surface area (Å²) >= 11 is 0. The SMILES string of the molecule is CC(C)N1c2cc(-c3nc(Nc4ccc(N5CC[C@H](OCCO)C5)cn4)ncc3F)ccc2NC1C. The Morgan fingerprint density at radius 2 is 2.08 bits per heavy atom. The zero-order chi connectivity index (χ0) is 25.2. The molecule has 3 N–H and O–H groups in total. The fourth-order valence-electron chi connectivity index (χ4n) is 4.95. The standard InChI is InChI=1S/C26H32FN7O2/c1-16(2)34-17(3)30-22-6-4-18(12-23(22)34)25-21(27)14-29-26(32-25)31-24-7-5-19(13-28-24)33-9-8-20(15-33)36-11-10-35/h4-7,12-14,16-17,20,30,35H,8-11,15H2,1-3H3,(H,28,29,31,32)/t17?,20-/m0/s1. The number of benzene rings is 1. The van der Waals surface area contributed by atoms with E-state index < -0.39 is 5.82 Å². The maximum absolute atomic E-state index is 14.8. The highest BCUT2D eigenvalue weighted by atomic mass is 19.1. The van der Waals surface area contributed by atoms with Crippen LogP contribution >= 0.6 is 0 Å². The number of nitrogens with zero attached hydrogens (tertiary/aromatic N) is 5. The number of pyridine rings is 1. The van der Waals surface area contributed by atoms with Crippen molar-refractivity contribution in [2.24, 2.45) is 0 Å². The highest BCUT2D eigenvalue weighted by molar-refractivity contribution is 5.81. The molecular weight excluding hydrogens is 461 g/mol. The first-order valence-corrected chi connectivity index (χ1v) is 12.3. The van der Waals surface area contributed by atoms with E-state index in [-0.39, 0.29) is 30.5 Å². The van der Waals surface area contributed by atoms with Crippen LogP contribution in [0.3, 0.4) is 0 Å². The molecule has 1 unspecified atom stereocenters. The molecule has 2 aromatic heterocycles. The molecule has 5 rings (SSSR count). The molecule has 0 saturated carbocycles. The van der Waals surface area contributed by atoms with Crippen LogP contribution < -0.4 is 20.4 Å². The van der Waals surface area contributed by atoms with Gasteiger partial charge in [0.05, 0.1) is 54.9 Å². The number of halogens is 1. The molecule has 0 aliphatic carbocycles. The van der Waals surface area contributed by atoms with Gasteiger partial charge >= 0.3 is 0 Å². The maximum atomic E-state index is 14.8. The van der Waals surface area contributed by atoms with Crippen LogP contribution in [-0.4, -0.2) is 64.7 Å². The summed E-state index contributed by atoms with van der Waals surface area (Å²) in [6.45, 7) is 8.41. The van der Waals surface area contributed by atoms with Crippen LogP contribution in [-0.2, 0) is 4.74 Å². The van der Waals surface area contributed by atoms with Gasteiger partial charge in [0, 0.05) is 24.7 Å². The first-order chi connectivity index (χ1) is 17.4.